The van der Waals surface area contributed by atoms with Gasteiger partial charge in [-0.25, -0.2) is 0 Å². The summed E-state index contributed by atoms with van der Waals surface area (Å²) in [6, 6.07) is 15.6. The molecule has 0 unspecified atom stereocenters. The van der Waals surface area contributed by atoms with Crippen LogP contribution >= 0.6 is 11.8 Å². The van der Waals surface area contributed by atoms with Crippen molar-refractivity contribution in [2.24, 2.45) is 16.0 Å². The van der Waals surface area contributed by atoms with Gasteiger partial charge in [0.1, 0.15) is 23.1 Å². The Morgan fingerprint density at radius 3 is 2.69 bits per heavy atom. The minimum absolute atomic E-state index is 0.0470. The molecule has 2 aliphatic heterocycles. The highest BCUT2D eigenvalue weighted by atomic mass is 32.2. The minimum Gasteiger partial charge on any atom is -0.497 e. The Hall–Kier alpha value is -3.85. The van der Waals surface area contributed by atoms with Gasteiger partial charge in [0.2, 0.25) is 5.17 Å². The maximum atomic E-state index is 12.9. The largest absolute Gasteiger partial charge is 0.497 e. The number of benzene rings is 2. The number of nitrogens with zero attached hydrogens (tertiary/aromatic N) is 4. The molecule has 8 nitrogen and oxygen atoms in total. The predicted molar refractivity (Wildman–Crippen MR) is 145 cm³/mol. The molecule has 0 spiro atoms. The lowest BCUT2D eigenvalue weighted by Crippen LogP contribution is -2.35. The summed E-state index contributed by atoms with van der Waals surface area (Å²) < 4.78 is 13.4. The van der Waals surface area contributed by atoms with Gasteiger partial charge in [0.15, 0.2) is 5.84 Å². The molecule has 1 amide bonds. The molecule has 0 bridgehead atoms. The number of fused-ring (bicyclic) bond motifs is 2. The first-order chi connectivity index (χ1) is 17.4. The number of carbonyl (C=O) groups excluding carboxylic acids is 1. The molecule has 0 fully saturated rings. The fourth-order valence-corrected chi connectivity index (χ4v) is 5.15. The van der Waals surface area contributed by atoms with Gasteiger partial charge in [-0.1, -0.05) is 38.1 Å². The van der Waals surface area contributed by atoms with Gasteiger partial charge in [0.25, 0.3) is 5.91 Å². The van der Waals surface area contributed by atoms with Crippen LogP contribution < -0.4 is 9.47 Å². The number of thioether (sulfide) groups is 1. The fraction of sp³-hybridized carbons (Fsp3) is 0.259. The standard InChI is InChI=1S/C27H27N5O3S/c1-16(2)26-30-32-24(28)22(25(33)29-27(32)36-26)15-21-17(3)31(23-11-6-5-10-20(21)23)12-13-35-19-9-7-8-18(14-19)34-4/h5-11,14-16,28H,12-13H2,1-4H3/b22-15+,28-24?. The van der Waals surface area contributed by atoms with Crippen molar-refractivity contribution >= 4 is 50.7 Å². The van der Waals surface area contributed by atoms with Gasteiger partial charge in [-0.05, 0) is 43.0 Å². The number of ether oxygens (including phenoxy) is 2. The number of methoxy groups -OCH3 is 1. The number of amides is 1. The van der Waals surface area contributed by atoms with Crippen LogP contribution in [0.4, 0.5) is 0 Å². The summed E-state index contributed by atoms with van der Waals surface area (Å²) in [5.74, 6) is 1.31. The third-order valence-electron chi connectivity index (χ3n) is 6.16. The van der Waals surface area contributed by atoms with Crippen LogP contribution in [0.15, 0.2) is 64.2 Å². The maximum absolute atomic E-state index is 12.9. The van der Waals surface area contributed by atoms with Crippen LogP contribution in [0, 0.1) is 18.3 Å². The van der Waals surface area contributed by atoms with E-state index in [9.17, 15) is 4.79 Å². The lowest BCUT2D eigenvalue weighted by molar-refractivity contribution is -0.114. The fourth-order valence-electron chi connectivity index (χ4n) is 4.26. The molecule has 0 radical (unpaired) electrons. The van der Waals surface area contributed by atoms with Gasteiger partial charge < -0.3 is 14.0 Å². The number of aromatic nitrogens is 1. The Morgan fingerprint density at radius 1 is 1.14 bits per heavy atom. The molecule has 9 heteroatoms. The monoisotopic (exact) mass is 501 g/mol. The molecule has 3 heterocycles. The van der Waals surface area contributed by atoms with Gasteiger partial charge in [-0.2, -0.15) is 15.1 Å². The minimum atomic E-state index is -0.420. The lowest BCUT2D eigenvalue weighted by Gasteiger charge is -2.20. The normalized spacial score (nSPS) is 16.6. The third-order valence-corrected chi connectivity index (χ3v) is 7.37. The number of aliphatic imine (C=N–C) groups is 1. The molecule has 1 N–H and O–H groups in total. The zero-order chi connectivity index (χ0) is 25.4. The van der Waals surface area contributed by atoms with E-state index in [0.717, 1.165) is 38.7 Å². The number of hydrogen-bond donors (Lipinski definition) is 1. The molecule has 0 saturated heterocycles. The molecule has 3 aromatic rings. The summed E-state index contributed by atoms with van der Waals surface area (Å²) >= 11 is 1.35. The number of rotatable bonds is 7. The van der Waals surface area contributed by atoms with E-state index in [4.69, 9.17) is 14.9 Å². The van der Waals surface area contributed by atoms with E-state index < -0.39 is 5.91 Å². The first-order valence-electron chi connectivity index (χ1n) is 11.7. The summed E-state index contributed by atoms with van der Waals surface area (Å²) in [6.45, 7) is 7.16. The highest BCUT2D eigenvalue weighted by Crippen LogP contribution is 2.33. The molecule has 0 atom stereocenters. The second kappa shape index (κ2) is 9.66. The first kappa shape index (κ1) is 23.9. The van der Waals surface area contributed by atoms with Crippen LogP contribution in [0.25, 0.3) is 17.0 Å². The average molecular weight is 502 g/mol. The van der Waals surface area contributed by atoms with Gasteiger partial charge in [-0.15, -0.1) is 0 Å². The zero-order valence-corrected chi connectivity index (χ0v) is 21.4. The van der Waals surface area contributed by atoms with Gasteiger partial charge in [-0.3, -0.25) is 10.2 Å². The van der Waals surface area contributed by atoms with Gasteiger partial charge in [0, 0.05) is 34.1 Å². The third kappa shape index (κ3) is 4.30. The number of hydrazone groups is 1. The molecule has 184 valence electrons. The average Bonchev–Trinajstić information content (AvgIpc) is 3.42. The van der Waals surface area contributed by atoms with Crippen LogP contribution in [-0.4, -0.2) is 45.2 Å². The van der Waals surface area contributed by atoms with E-state index in [0.29, 0.717) is 18.3 Å². The van der Waals surface area contributed by atoms with E-state index in [-0.39, 0.29) is 17.3 Å². The van der Waals surface area contributed by atoms with E-state index in [2.05, 4.69) is 20.7 Å². The summed E-state index contributed by atoms with van der Waals surface area (Å²) in [5, 5.41) is 17.0. The predicted octanol–water partition coefficient (Wildman–Crippen LogP) is 5.31. The SMILES string of the molecule is COc1cccc(OCCn2c(C)c(/C=C3\C(=N)N4N=C(C(C)C)SC4=NC3=O)c3ccccc32)c1. The Morgan fingerprint density at radius 2 is 1.92 bits per heavy atom. The van der Waals surface area contributed by atoms with Crippen LogP contribution in [-0.2, 0) is 11.3 Å². The number of hydrogen-bond acceptors (Lipinski definition) is 6. The molecule has 1 aromatic heterocycles. The number of para-hydroxylation sites is 1. The summed E-state index contributed by atoms with van der Waals surface area (Å²) in [5.41, 5.74) is 3.13. The van der Waals surface area contributed by atoms with E-state index in [1.54, 1.807) is 13.2 Å². The molecule has 2 aromatic carbocycles. The van der Waals surface area contributed by atoms with Crippen molar-refractivity contribution in [1.29, 1.82) is 5.41 Å². The Balaban J connectivity index is 1.46. The smallest absolute Gasteiger partial charge is 0.283 e. The summed E-state index contributed by atoms with van der Waals surface area (Å²) in [7, 11) is 1.63. The van der Waals surface area contributed by atoms with Crippen molar-refractivity contribution in [2.45, 2.75) is 27.3 Å². The van der Waals surface area contributed by atoms with Crippen LogP contribution in [0.1, 0.15) is 25.1 Å². The van der Waals surface area contributed by atoms with Crippen molar-refractivity contribution in [3.63, 3.8) is 0 Å². The quantitative estimate of drug-likeness (QED) is 0.443. The van der Waals surface area contributed by atoms with Crippen LogP contribution in [0.3, 0.4) is 0 Å². The Labute approximate surface area is 213 Å². The molecular weight excluding hydrogens is 474 g/mol. The van der Waals surface area contributed by atoms with Crippen molar-refractivity contribution < 1.29 is 14.3 Å². The first-order valence-corrected chi connectivity index (χ1v) is 12.5. The number of nitrogens with one attached hydrogen (secondary N) is 1. The molecule has 0 saturated carbocycles. The Bertz CT molecular complexity index is 1470. The lowest BCUT2D eigenvalue weighted by atomic mass is 10.1. The summed E-state index contributed by atoms with van der Waals surface area (Å²) in [4.78, 5) is 17.2. The molecular formula is C27H27N5O3S. The van der Waals surface area contributed by atoms with Crippen molar-refractivity contribution in [2.75, 3.05) is 13.7 Å². The molecule has 36 heavy (non-hydrogen) atoms. The molecule has 0 aliphatic carbocycles. The van der Waals surface area contributed by atoms with E-state index >= 15 is 0 Å². The van der Waals surface area contributed by atoms with Gasteiger partial charge in [0.05, 0.1) is 19.2 Å². The van der Waals surface area contributed by atoms with E-state index in [1.807, 2.05) is 63.2 Å². The molecule has 2 aliphatic rings. The molecule has 5 rings (SSSR count). The second-order valence-corrected chi connectivity index (χ2v) is 9.80. The second-order valence-electron chi connectivity index (χ2n) is 8.81. The maximum Gasteiger partial charge on any atom is 0.283 e. The van der Waals surface area contributed by atoms with Crippen molar-refractivity contribution in [3.05, 3.63) is 65.4 Å². The Kier molecular flexibility index (Phi) is 6.40. The van der Waals surface area contributed by atoms with Crippen LogP contribution in [0.5, 0.6) is 11.5 Å². The van der Waals surface area contributed by atoms with E-state index in [1.165, 1.54) is 16.8 Å². The number of amidine groups is 2. The van der Waals surface area contributed by atoms with Crippen molar-refractivity contribution in [3.8, 4) is 11.5 Å². The van der Waals surface area contributed by atoms with Gasteiger partial charge >= 0.3 is 0 Å². The van der Waals surface area contributed by atoms with Crippen LogP contribution in [0.2, 0.25) is 0 Å². The summed E-state index contributed by atoms with van der Waals surface area (Å²) in [6.07, 6.45) is 1.77. The topological polar surface area (TPSA) is 92.3 Å². The van der Waals surface area contributed by atoms with Crippen molar-refractivity contribution in [1.82, 2.24) is 9.58 Å². The highest BCUT2D eigenvalue weighted by molar-refractivity contribution is 8.27. The highest BCUT2D eigenvalue weighted by Gasteiger charge is 2.36. The zero-order valence-electron chi connectivity index (χ0n) is 20.6. The number of carbonyl (C=O) groups is 1.